The van der Waals surface area contributed by atoms with E-state index in [1.54, 1.807) is 0 Å². The third kappa shape index (κ3) is 4.40. The molecule has 0 saturated heterocycles. The van der Waals surface area contributed by atoms with Gasteiger partial charge in [0.2, 0.25) is 0 Å². The van der Waals surface area contributed by atoms with Crippen LogP contribution in [0.3, 0.4) is 0 Å². The van der Waals surface area contributed by atoms with Crippen LogP contribution in [0.4, 0.5) is 5.69 Å². The predicted molar refractivity (Wildman–Crippen MR) is 88.5 cm³/mol. The van der Waals surface area contributed by atoms with E-state index in [9.17, 15) is 5.11 Å². The second-order valence-electron chi connectivity index (χ2n) is 4.84. The zero-order chi connectivity index (χ0) is 15.8. The quantitative estimate of drug-likeness (QED) is 0.782. The minimum atomic E-state index is -0.0338. The van der Waals surface area contributed by atoms with Crippen LogP contribution in [-0.2, 0) is 13.2 Å². The smallest absolute Gasteiger partial charge is 0.124 e. The molecular weight excluding hydrogens is 278 g/mol. The van der Waals surface area contributed by atoms with E-state index in [1.807, 2.05) is 56.3 Å². The molecule has 118 valence electrons. The van der Waals surface area contributed by atoms with E-state index in [4.69, 9.17) is 9.47 Å². The molecule has 2 N–H and O–H groups in total. The minimum Gasteiger partial charge on any atom is -0.494 e. The molecule has 0 saturated carbocycles. The van der Waals surface area contributed by atoms with Crippen molar-refractivity contribution in [2.75, 3.05) is 18.5 Å². The maximum absolute atomic E-state index is 9.41. The average molecular weight is 301 g/mol. The van der Waals surface area contributed by atoms with Crippen molar-refractivity contribution in [3.05, 3.63) is 53.6 Å². The number of anilines is 1. The van der Waals surface area contributed by atoms with Crippen LogP contribution >= 0.6 is 0 Å². The molecule has 0 bridgehead atoms. The van der Waals surface area contributed by atoms with E-state index >= 15 is 0 Å². The van der Waals surface area contributed by atoms with E-state index in [0.717, 1.165) is 22.7 Å². The van der Waals surface area contributed by atoms with Gasteiger partial charge in [0.1, 0.15) is 11.5 Å². The lowest BCUT2D eigenvalue weighted by molar-refractivity contribution is 0.267. The van der Waals surface area contributed by atoms with E-state index in [2.05, 4.69) is 5.32 Å². The van der Waals surface area contributed by atoms with Crippen LogP contribution < -0.4 is 14.8 Å². The van der Waals surface area contributed by atoms with Gasteiger partial charge in [-0.25, -0.2) is 0 Å². The first-order valence-corrected chi connectivity index (χ1v) is 7.59. The third-order valence-electron chi connectivity index (χ3n) is 3.26. The number of nitrogens with one attached hydrogen (secondary N) is 1. The number of benzene rings is 2. The van der Waals surface area contributed by atoms with E-state index in [0.29, 0.717) is 19.8 Å². The fourth-order valence-electron chi connectivity index (χ4n) is 2.18. The number of aliphatic hydroxyl groups excluding tert-OH is 1. The van der Waals surface area contributed by atoms with Crippen molar-refractivity contribution in [3.8, 4) is 11.5 Å². The van der Waals surface area contributed by atoms with Crippen LogP contribution in [0, 0.1) is 0 Å². The molecule has 22 heavy (non-hydrogen) atoms. The normalized spacial score (nSPS) is 10.3. The second-order valence-corrected chi connectivity index (χ2v) is 4.84. The van der Waals surface area contributed by atoms with Crippen LogP contribution in [0.1, 0.15) is 25.0 Å². The lowest BCUT2D eigenvalue weighted by Gasteiger charge is -2.12. The Morgan fingerprint density at radius 1 is 0.955 bits per heavy atom. The molecule has 0 amide bonds. The number of ether oxygens (including phenoxy) is 2. The van der Waals surface area contributed by atoms with Crippen molar-refractivity contribution in [1.82, 2.24) is 0 Å². The second kappa shape index (κ2) is 8.29. The Kier molecular flexibility index (Phi) is 6.10. The van der Waals surface area contributed by atoms with E-state index in [1.165, 1.54) is 5.56 Å². The molecule has 0 heterocycles. The van der Waals surface area contributed by atoms with Crippen LogP contribution in [0.5, 0.6) is 11.5 Å². The summed E-state index contributed by atoms with van der Waals surface area (Å²) in [5.74, 6) is 1.62. The Balaban J connectivity index is 1.98. The number of aliphatic hydroxyl groups is 1. The van der Waals surface area contributed by atoms with Gasteiger partial charge in [0.15, 0.2) is 0 Å². The third-order valence-corrected chi connectivity index (χ3v) is 3.26. The van der Waals surface area contributed by atoms with Crippen molar-refractivity contribution < 1.29 is 14.6 Å². The summed E-state index contributed by atoms with van der Waals surface area (Å²) in [5, 5.41) is 12.8. The van der Waals surface area contributed by atoms with Gasteiger partial charge in [-0.3, -0.25) is 0 Å². The molecule has 2 rings (SSSR count). The summed E-state index contributed by atoms with van der Waals surface area (Å²) in [7, 11) is 0. The molecule has 0 unspecified atom stereocenters. The molecule has 0 aliphatic rings. The van der Waals surface area contributed by atoms with Gasteiger partial charge in [-0.15, -0.1) is 0 Å². The van der Waals surface area contributed by atoms with E-state index in [-0.39, 0.29) is 6.61 Å². The topological polar surface area (TPSA) is 50.7 Å². The SMILES string of the molecule is CCOc1ccc(CNc2ccc(OCC)c(CO)c2)cc1. The summed E-state index contributed by atoms with van der Waals surface area (Å²) in [5.41, 5.74) is 2.92. The maximum Gasteiger partial charge on any atom is 0.124 e. The first-order valence-electron chi connectivity index (χ1n) is 7.59. The van der Waals surface area contributed by atoms with Crippen molar-refractivity contribution in [2.24, 2.45) is 0 Å². The van der Waals surface area contributed by atoms with Crippen molar-refractivity contribution in [2.45, 2.75) is 27.0 Å². The van der Waals surface area contributed by atoms with Crippen molar-refractivity contribution in [3.63, 3.8) is 0 Å². The summed E-state index contributed by atoms with van der Waals surface area (Å²) < 4.78 is 10.9. The summed E-state index contributed by atoms with van der Waals surface area (Å²) in [6, 6.07) is 13.8. The van der Waals surface area contributed by atoms with Crippen molar-refractivity contribution >= 4 is 5.69 Å². The van der Waals surface area contributed by atoms with Gasteiger partial charge >= 0.3 is 0 Å². The Morgan fingerprint density at radius 2 is 1.68 bits per heavy atom. The Labute approximate surface area is 131 Å². The Bertz CT molecular complexity index is 581. The van der Waals surface area contributed by atoms with Gasteiger partial charge < -0.3 is 19.9 Å². The zero-order valence-electron chi connectivity index (χ0n) is 13.1. The molecular formula is C18H23NO3. The summed E-state index contributed by atoms with van der Waals surface area (Å²) in [4.78, 5) is 0. The minimum absolute atomic E-state index is 0.0338. The largest absolute Gasteiger partial charge is 0.494 e. The highest BCUT2D eigenvalue weighted by atomic mass is 16.5. The summed E-state index contributed by atoms with van der Waals surface area (Å²) >= 11 is 0. The van der Waals surface area contributed by atoms with Crippen LogP contribution in [0.25, 0.3) is 0 Å². The first-order chi connectivity index (χ1) is 10.8. The van der Waals surface area contributed by atoms with Crippen LogP contribution in [-0.4, -0.2) is 18.3 Å². The molecule has 0 aliphatic carbocycles. The van der Waals surface area contributed by atoms with Gasteiger partial charge in [-0.1, -0.05) is 12.1 Å². The monoisotopic (exact) mass is 301 g/mol. The lowest BCUT2D eigenvalue weighted by atomic mass is 10.1. The highest BCUT2D eigenvalue weighted by molar-refractivity contribution is 5.51. The van der Waals surface area contributed by atoms with Gasteiger partial charge in [0, 0.05) is 17.8 Å². The highest BCUT2D eigenvalue weighted by Crippen LogP contribution is 2.23. The number of hydrogen-bond acceptors (Lipinski definition) is 4. The summed E-state index contributed by atoms with van der Waals surface area (Å²) in [6.45, 7) is 5.85. The fourth-order valence-corrected chi connectivity index (χ4v) is 2.18. The molecule has 0 fully saturated rings. The average Bonchev–Trinajstić information content (AvgIpc) is 2.55. The lowest BCUT2D eigenvalue weighted by Crippen LogP contribution is -2.02. The van der Waals surface area contributed by atoms with Gasteiger partial charge in [0.25, 0.3) is 0 Å². The molecule has 0 aromatic heterocycles. The van der Waals surface area contributed by atoms with Gasteiger partial charge in [-0.05, 0) is 49.7 Å². The molecule has 2 aromatic carbocycles. The maximum atomic E-state index is 9.41. The molecule has 0 aliphatic heterocycles. The van der Waals surface area contributed by atoms with Crippen molar-refractivity contribution in [1.29, 1.82) is 0 Å². The molecule has 4 nitrogen and oxygen atoms in total. The standard InChI is InChI=1S/C18H23NO3/c1-3-21-17-8-5-14(6-9-17)12-19-16-7-10-18(22-4-2)15(11-16)13-20/h5-11,19-20H,3-4,12-13H2,1-2H3. The molecule has 0 radical (unpaired) electrons. The van der Waals surface area contributed by atoms with E-state index < -0.39 is 0 Å². The molecule has 4 heteroatoms. The van der Waals surface area contributed by atoms with Crippen LogP contribution in [0.2, 0.25) is 0 Å². The fraction of sp³-hybridized carbons (Fsp3) is 0.333. The number of hydrogen-bond donors (Lipinski definition) is 2. The molecule has 2 aromatic rings. The molecule has 0 atom stereocenters. The Hall–Kier alpha value is -2.20. The molecule has 0 spiro atoms. The van der Waals surface area contributed by atoms with Gasteiger partial charge in [-0.2, -0.15) is 0 Å². The Morgan fingerprint density at radius 3 is 2.32 bits per heavy atom. The number of rotatable bonds is 8. The highest BCUT2D eigenvalue weighted by Gasteiger charge is 2.04. The van der Waals surface area contributed by atoms with Crippen LogP contribution in [0.15, 0.2) is 42.5 Å². The first kappa shape index (κ1) is 16.2. The summed E-state index contributed by atoms with van der Waals surface area (Å²) in [6.07, 6.45) is 0. The zero-order valence-corrected chi connectivity index (χ0v) is 13.1. The predicted octanol–water partition coefficient (Wildman–Crippen LogP) is 3.59. The van der Waals surface area contributed by atoms with Gasteiger partial charge in [0.05, 0.1) is 19.8 Å².